The van der Waals surface area contributed by atoms with Crippen LogP contribution in [0.2, 0.25) is 10.5 Å². The summed E-state index contributed by atoms with van der Waals surface area (Å²) in [5, 5.41) is 0.697. The van der Waals surface area contributed by atoms with Gasteiger partial charge in [-0.2, -0.15) is 0 Å². The number of hydrogen-bond acceptors (Lipinski definition) is 4. The van der Waals surface area contributed by atoms with Crippen LogP contribution >= 0.6 is 0 Å². The molecule has 0 aliphatic carbocycles. The van der Waals surface area contributed by atoms with Crippen LogP contribution in [0.15, 0.2) is 60.7 Å². The van der Waals surface area contributed by atoms with Crippen LogP contribution in [0.3, 0.4) is 0 Å². The fraction of sp³-hybridized carbons (Fsp3) is 0.440. The minimum atomic E-state index is -2.32. The van der Waals surface area contributed by atoms with Crippen molar-refractivity contribution in [2.24, 2.45) is 0 Å². The van der Waals surface area contributed by atoms with E-state index in [1.807, 2.05) is 36.4 Å². The first kappa shape index (κ1) is 24.2. The van der Waals surface area contributed by atoms with Crippen LogP contribution < -0.4 is 0 Å². The molecule has 0 heterocycles. The zero-order valence-corrected chi connectivity index (χ0v) is 20.2. The molecule has 0 saturated heterocycles. The van der Waals surface area contributed by atoms with Crippen LogP contribution in [0.5, 0.6) is 0 Å². The van der Waals surface area contributed by atoms with E-state index in [1.54, 1.807) is 0 Å². The molecule has 0 atom stereocenters. The van der Waals surface area contributed by atoms with Crippen LogP contribution in [-0.2, 0) is 19.1 Å². The van der Waals surface area contributed by atoms with Crippen LogP contribution in [-0.4, -0.2) is 39.5 Å². The van der Waals surface area contributed by atoms with Crippen LogP contribution in [0.1, 0.15) is 55.4 Å². The van der Waals surface area contributed by atoms with Crippen LogP contribution in [0.4, 0.5) is 0 Å². The molecule has 0 aromatic heterocycles. The van der Waals surface area contributed by atoms with Gasteiger partial charge in [-0.1, -0.05) is 0 Å². The monoisotopic (exact) mass is 471 g/mol. The summed E-state index contributed by atoms with van der Waals surface area (Å²) in [6.45, 7) is 5.03. The van der Waals surface area contributed by atoms with Gasteiger partial charge in [-0.25, -0.2) is 0 Å². The predicted octanol–water partition coefficient (Wildman–Crippen LogP) is 5.54. The molecule has 0 N–H and O–H groups in total. The first-order valence-electron chi connectivity index (χ1n) is 10.9. The van der Waals surface area contributed by atoms with E-state index in [4.69, 9.17) is 9.47 Å². The van der Waals surface area contributed by atoms with Gasteiger partial charge in [-0.05, 0) is 0 Å². The van der Waals surface area contributed by atoms with Crippen LogP contribution in [0.25, 0.3) is 0 Å². The van der Waals surface area contributed by atoms with Crippen molar-refractivity contribution in [3.05, 3.63) is 71.8 Å². The molecular formula is C25H33GeO4. The zero-order chi connectivity index (χ0) is 21.6. The molecule has 0 fully saturated rings. The molecule has 0 amide bonds. The van der Waals surface area contributed by atoms with Crippen LogP contribution in [0, 0.1) is 0 Å². The van der Waals surface area contributed by atoms with E-state index in [0.717, 1.165) is 36.8 Å². The first-order valence-corrected chi connectivity index (χ1v) is 15.1. The number of benzene rings is 2. The van der Waals surface area contributed by atoms with E-state index in [-0.39, 0.29) is 16.7 Å². The number of rotatable bonds is 13. The van der Waals surface area contributed by atoms with Gasteiger partial charge in [0.2, 0.25) is 0 Å². The van der Waals surface area contributed by atoms with Gasteiger partial charge < -0.3 is 0 Å². The molecule has 2 aromatic carbocycles. The Morgan fingerprint density at radius 1 is 0.733 bits per heavy atom. The van der Waals surface area contributed by atoms with Gasteiger partial charge in [0.25, 0.3) is 0 Å². The second-order valence-electron chi connectivity index (χ2n) is 7.41. The van der Waals surface area contributed by atoms with Gasteiger partial charge in [-0.15, -0.1) is 0 Å². The summed E-state index contributed by atoms with van der Waals surface area (Å²) in [5.74, 6) is -0.367. The van der Waals surface area contributed by atoms with Gasteiger partial charge in [0.15, 0.2) is 0 Å². The Labute approximate surface area is 185 Å². The third kappa shape index (κ3) is 8.35. The average molecular weight is 470 g/mol. The molecule has 2 rings (SSSR count). The van der Waals surface area contributed by atoms with Crippen molar-refractivity contribution < 1.29 is 19.1 Å². The van der Waals surface area contributed by atoms with Gasteiger partial charge in [0, 0.05) is 0 Å². The maximum absolute atomic E-state index is 12.6. The third-order valence-corrected chi connectivity index (χ3v) is 11.2. The Morgan fingerprint density at radius 2 is 1.13 bits per heavy atom. The predicted molar refractivity (Wildman–Crippen MR) is 122 cm³/mol. The van der Waals surface area contributed by atoms with Crippen molar-refractivity contribution >= 4 is 26.3 Å². The number of hydrogen-bond donors (Lipinski definition) is 0. The summed E-state index contributed by atoms with van der Waals surface area (Å²) in [6.07, 6.45) is 3.69. The number of unbranched alkanes of at least 4 members (excludes halogenated alkanes) is 2. The van der Waals surface area contributed by atoms with Gasteiger partial charge in [-0.3, -0.25) is 0 Å². The molecule has 0 spiro atoms. The molecule has 0 aliphatic heterocycles. The molecule has 0 unspecified atom stereocenters. The van der Waals surface area contributed by atoms with Crippen molar-refractivity contribution in [3.63, 3.8) is 0 Å². The molecule has 30 heavy (non-hydrogen) atoms. The SMILES string of the molecule is CCCCOC(=O)[CH2][Ge]([CH2]C(=O)OCCCC)[CH](c1ccccc1)c1ccccc1. The quantitative estimate of drug-likeness (QED) is 0.219. The molecule has 1 radical (unpaired) electrons. The standard InChI is InChI=1S/C25H33GeO4/c1-3-5-17-29-23(27)19-26(20-24(28)30-18-6-4-2)25(21-13-9-7-10-14-21)22-15-11-8-12-16-22/h7-16,25H,3-6,17-20H2,1-2H3. The van der Waals surface area contributed by atoms with Gasteiger partial charge >= 0.3 is 185 Å². The summed E-state index contributed by atoms with van der Waals surface area (Å²) < 4.78 is 11.0. The van der Waals surface area contributed by atoms with E-state index in [9.17, 15) is 9.59 Å². The summed E-state index contributed by atoms with van der Waals surface area (Å²) in [4.78, 5) is 25.2. The molecular weight excluding hydrogens is 437 g/mol. The molecule has 4 nitrogen and oxygen atoms in total. The number of carbonyl (C=O) groups is 2. The summed E-state index contributed by atoms with van der Waals surface area (Å²) in [6, 6.07) is 20.4. The number of esters is 2. The summed E-state index contributed by atoms with van der Waals surface area (Å²) in [7, 11) is 0. The first-order chi connectivity index (χ1) is 14.7. The molecule has 0 bridgehead atoms. The second-order valence-corrected chi connectivity index (χ2v) is 12.9. The Balaban J connectivity index is 2.27. The van der Waals surface area contributed by atoms with Gasteiger partial charge in [0.1, 0.15) is 0 Å². The molecule has 2 aromatic rings. The van der Waals surface area contributed by atoms with Gasteiger partial charge in [0.05, 0.1) is 0 Å². The normalized spacial score (nSPS) is 10.9. The maximum atomic E-state index is 12.6. The third-order valence-electron chi connectivity index (χ3n) is 4.94. The summed E-state index contributed by atoms with van der Waals surface area (Å²) >= 11 is -2.32. The Morgan fingerprint density at radius 3 is 1.50 bits per heavy atom. The van der Waals surface area contributed by atoms with E-state index >= 15 is 0 Å². The Hall–Kier alpha value is -2.08. The van der Waals surface area contributed by atoms with E-state index in [0.29, 0.717) is 23.7 Å². The zero-order valence-electron chi connectivity index (χ0n) is 18.1. The van der Waals surface area contributed by atoms with Crippen molar-refractivity contribution in [3.8, 4) is 0 Å². The topological polar surface area (TPSA) is 52.6 Å². The van der Waals surface area contributed by atoms with E-state index in [1.165, 1.54) is 0 Å². The molecule has 5 heteroatoms. The van der Waals surface area contributed by atoms with Crippen molar-refractivity contribution in [2.45, 2.75) is 54.8 Å². The molecule has 0 saturated carbocycles. The fourth-order valence-corrected chi connectivity index (χ4v) is 9.24. The van der Waals surface area contributed by atoms with Crippen molar-refractivity contribution in [1.29, 1.82) is 0 Å². The number of carbonyl (C=O) groups excluding carboxylic acids is 2. The Bertz CT molecular complexity index is 685. The van der Waals surface area contributed by atoms with Crippen molar-refractivity contribution in [1.82, 2.24) is 0 Å². The number of ether oxygens (including phenoxy) is 2. The molecule has 161 valence electrons. The summed E-state index contributed by atoms with van der Waals surface area (Å²) in [5.41, 5.74) is 2.31. The Kier molecular flexibility index (Phi) is 11.3. The van der Waals surface area contributed by atoms with E-state index < -0.39 is 14.3 Å². The second kappa shape index (κ2) is 14.0. The average Bonchev–Trinajstić information content (AvgIpc) is 2.76. The van der Waals surface area contributed by atoms with E-state index in [2.05, 4.69) is 38.1 Å². The minimum absolute atomic E-state index is 0.0739. The molecule has 0 aliphatic rings. The van der Waals surface area contributed by atoms with Crippen molar-refractivity contribution in [2.75, 3.05) is 13.2 Å². The fourth-order valence-electron chi connectivity index (χ4n) is 3.35.